The Balaban J connectivity index is 1.43. The number of hydrogen-bond donors (Lipinski definition) is 1. The van der Waals surface area contributed by atoms with Gasteiger partial charge < -0.3 is 10.1 Å². The number of halogens is 2. The first-order chi connectivity index (χ1) is 15.1. The predicted octanol–water partition coefficient (Wildman–Crippen LogP) is 4.35. The molecule has 2 aromatic carbocycles. The van der Waals surface area contributed by atoms with Gasteiger partial charge in [-0.2, -0.15) is 0 Å². The lowest BCUT2D eigenvalue weighted by atomic mass is 9.97. The number of benzene rings is 2. The zero-order valence-electron chi connectivity index (χ0n) is 18.2. The number of nitrogens with zero attached hydrogens (tertiary/aromatic N) is 1. The molecule has 1 N–H and O–H groups in total. The smallest absolute Gasteiger partial charge is 0.223 e. The Morgan fingerprint density at radius 3 is 2.38 bits per heavy atom. The summed E-state index contributed by atoms with van der Waals surface area (Å²) in [7, 11) is -3.53. The summed E-state index contributed by atoms with van der Waals surface area (Å²) in [5, 5.41) is 3.69. The highest BCUT2D eigenvalue weighted by molar-refractivity contribution is 7.88. The van der Waals surface area contributed by atoms with Gasteiger partial charge in [0.25, 0.3) is 0 Å². The average Bonchev–Trinajstić information content (AvgIpc) is 2.72. The van der Waals surface area contributed by atoms with Crippen LogP contribution in [-0.2, 0) is 20.6 Å². The van der Waals surface area contributed by atoms with Gasteiger partial charge in [-0.1, -0.05) is 35.3 Å². The molecule has 9 heteroatoms. The molecule has 32 heavy (non-hydrogen) atoms. The van der Waals surface area contributed by atoms with Crippen LogP contribution in [0.3, 0.4) is 0 Å². The lowest BCUT2D eigenvalue weighted by molar-refractivity contribution is -0.126. The summed E-state index contributed by atoms with van der Waals surface area (Å²) in [6, 6.07) is 10.8. The van der Waals surface area contributed by atoms with Crippen LogP contribution in [0.4, 0.5) is 0 Å². The number of hydrogen-bond acceptors (Lipinski definition) is 4. The van der Waals surface area contributed by atoms with Crippen LogP contribution in [-0.4, -0.2) is 44.9 Å². The predicted molar refractivity (Wildman–Crippen MR) is 128 cm³/mol. The summed E-state index contributed by atoms with van der Waals surface area (Å²) < 4.78 is 32.7. The normalized spacial score (nSPS) is 15.5. The van der Waals surface area contributed by atoms with Crippen LogP contribution in [0.2, 0.25) is 10.0 Å². The van der Waals surface area contributed by atoms with Gasteiger partial charge in [-0.3, -0.25) is 4.79 Å². The Morgan fingerprint density at radius 2 is 1.75 bits per heavy atom. The fourth-order valence-corrected chi connectivity index (χ4v) is 5.98. The molecule has 0 radical (unpaired) electrons. The minimum atomic E-state index is -3.53. The van der Waals surface area contributed by atoms with E-state index in [0.717, 1.165) is 16.9 Å². The van der Waals surface area contributed by atoms with E-state index in [2.05, 4.69) is 11.4 Å². The maximum Gasteiger partial charge on any atom is 0.223 e. The number of piperidine rings is 1. The molecular weight excluding hydrogens is 471 g/mol. The molecule has 174 valence electrons. The SMILES string of the molecule is Cc1cc(C)cc(OCCNC(=O)C2CCN(S(=O)(=O)Cc3ccc(Cl)cc3Cl)CC2)c1. The third-order valence-electron chi connectivity index (χ3n) is 5.44. The zero-order valence-corrected chi connectivity index (χ0v) is 20.6. The minimum absolute atomic E-state index is 0.0631. The Labute approximate surface area is 199 Å². The van der Waals surface area contributed by atoms with Gasteiger partial charge in [-0.25, -0.2) is 12.7 Å². The van der Waals surface area contributed by atoms with Crippen LogP contribution in [0.15, 0.2) is 36.4 Å². The van der Waals surface area contributed by atoms with E-state index in [1.165, 1.54) is 10.4 Å². The largest absolute Gasteiger partial charge is 0.492 e. The van der Waals surface area contributed by atoms with Crippen molar-refractivity contribution in [2.75, 3.05) is 26.2 Å². The number of carbonyl (C=O) groups is 1. The Bertz CT molecular complexity index is 1050. The van der Waals surface area contributed by atoms with Crippen molar-refractivity contribution in [3.8, 4) is 5.75 Å². The highest BCUT2D eigenvalue weighted by Crippen LogP contribution is 2.26. The molecule has 1 aliphatic rings. The van der Waals surface area contributed by atoms with Gasteiger partial charge in [0.15, 0.2) is 0 Å². The van der Waals surface area contributed by atoms with E-state index in [1.54, 1.807) is 12.1 Å². The Hall–Kier alpha value is -1.80. The molecule has 0 spiro atoms. The van der Waals surface area contributed by atoms with E-state index in [0.29, 0.717) is 54.7 Å². The maximum atomic E-state index is 12.8. The highest BCUT2D eigenvalue weighted by Gasteiger charge is 2.31. The minimum Gasteiger partial charge on any atom is -0.492 e. The second kappa shape index (κ2) is 10.9. The molecule has 1 fully saturated rings. The van der Waals surface area contributed by atoms with E-state index in [-0.39, 0.29) is 17.6 Å². The molecule has 0 unspecified atom stereocenters. The summed E-state index contributed by atoms with van der Waals surface area (Å²) in [5.41, 5.74) is 2.77. The van der Waals surface area contributed by atoms with Gasteiger partial charge in [0.2, 0.25) is 15.9 Å². The van der Waals surface area contributed by atoms with Gasteiger partial charge in [0.1, 0.15) is 12.4 Å². The number of carbonyl (C=O) groups excluding carboxylic acids is 1. The standard InChI is InChI=1S/C23H28Cl2N2O4S/c1-16-11-17(2)13-21(12-16)31-10-7-26-23(28)18-5-8-27(9-6-18)32(29,30)15-19-3-4-20(24)14-22(19)25/h3-4,11-14,18H,5-10,15H2,1-2H3,(H,26,28). The monoisotopic (exact) mass is 498 g/mol. The highest BCUT2D eigenvalue weighted by atomic mass is 35.5. The Kier molecular flexibility index (Phi) is 8.44. The van der Waals surface area contributed by atoms with E-state index >= 15 is 0 Å². The van der Waals surface area contributed by atoms with Crippen LogP contribution < -0.4 is 10.1 Å². The molecule has 1 saturated heterocycles. The van der Waals surface area contributed by atoms with Gasteiger partial charge in [-0.05, 0) is 67.6 Å². The van der Waals surface area contributed by atoms with Crippen LogP contribution in [0.1, 0.15) is 29.5 Å². The van der Waals surface area contributed by atoms with Crippen LogP contribution in [0.25, 0.3) is 0 Å². The maximum absolute atomic E-state index is 12.8. The molecule has 0 atom stereocenters. The third-order valence-corrected chi connectivity index (χ3v) is 7.85. The van der Waals surface area contributed by atoms with Crippen molar-refractivity contribution in [1.29, 1.82) is 0 Å². The molecule has 1 amide bonds. The van der Waals surface area contributed by atoms with Gasteiger partial charge in [-0.15, -0.1) is 0 Å². The summed E-state index contributed by atoms with van der Waals surface area (Å²) in [6.07, 6.45) is 0.967. The first-order valence-corrected chi connectivity index (χ1v) is 12.9. The lowest BCUT2D eigenvalue weighted by Gasteiger charge is -2.30. The van der Waals surface area contributed by atoms with Crippen LogP contribution in [0.5, 0.6) is 5.75 Å². The van der Waals surface area contributed by atoms with Crippen LogP contribution >= 0.6 is 23.2 Å². The quantitative estimate of drug-likeness (QED) is 0.549. The van der Waals surface area contributed by atoms with E-state index in [4.69, 9.17) is 27.9 Å². The Morgan fingerprint density at radius 1 is 1.09 bits per heavy atom. The van der Waals surface area contributed by atoms with E-state index in [1.807, 2.05) is 26.0 Å². The first kappa shape index (κ1) is 24.8. The number of sulfonamides is 1. The summed E-state index contributed by atoms with van der Waals surface area (Å²) in [4.78, 5) is 12.5. The number of amides is 1. The molecule has 6 nitrogen and oxygen atoms in total. The topological polar surface area (TPSA) is 75.7 Å². The van der Waals surface area contributed by atoms with Crippen molar-refractivity contribution in [3.05, 3.63) is 63.1 Å². The molecule has 2 aromatic rings. The zero-order chi connectivity index (χ0) is 23.3. The first-order valence-electron chi connectivity index (χ1n) is 10.5. The molecule has 0 aliphatic carbocycles. The number of ether oxygens (including phenoxy) is 1. The third kappa shape index (κ3) is 6.85. The molecular formula is C23H28Cl2N2O4S. The molecule has 3 rings (SSSR count). The van der Waals surface area contributed by atoms with Crippen molar-refractivity contribution in [2.24, 2.45) is 5.92 Å². The van der Waals surface area contributed by atoms with Crippen molar-refractivity contribution >= 4 is 39.1 Å². The number of nitrogens with one attached hydrogen (secondary N) is 1. The second-order valence-corrected chi connectivity index (χ2v) is 10.9. The summed E-state index contributed by atoms with van der Waals surface area (Å²) >= 11 is 12.0. The molecule has 1 aliphatic heterocycles. The van der Waals surface area contributed by atoms with Gasteiger partial charge >= 0.3 is 0 Å². The second-order valence-electron chi connectivity index (χ2n) is 8.13. The molecule has 0 bridgehead atoms. The van der Waals surface area contributed by atoms with Crippen molar-refractivity contribution < 1.29 is 17.9 Å². The summed E-state index contributed by atoms with van der Waals surface area (Å²) in [6.45, 7) is 5.43. The molecule has 1 heterocycles. The van der Waals surface area contributed by atoms with E-state index < -0.39 is 10.0 Å². The molecule has 0 saturated carbocycles. The fraction of sp³-hybridized carbons (Fsp3) is 0.435. The number of aryl methyl sites for hydroxylation is 2. The van der Waals surface area contributed by atoms with Crippen molar-refractivity contribution in [2.45, 2.75) is 32.4 Å². The average molecular weight is 499 g/mol. The summed E-state index contributed by atoms with van der Waals surface area (Å²) in [5.74, 6) is 0.333. The van der Waals surface area contributed by atoms with Crippen LogP contribution in [0, 0.1) is 19.8 Å². The van der Waals surface area contributed by atoms with Crippen molar-refractivity contribution in [1.82, 2.24) is 9.62 Å². The van der Waals surface area contributed by atoms with E-state index in [9.17, 15) is 13.2 Å². The van der Waals surface area contributed by atoms with Crippen molar-refractivity contribution in [3.63, 3.8) is 0 Å². The van der Waals surface area contributed by atoms with Gasteiger partial charge in [0, 0.05) is 29.1 Å². The number of rotatable bonds is 8. The fourth-order valence-electron chi connectivity index (χ4n) is 3.83. The van der Waals surface area contributed by atoms with Gasteiger partial charge in [0.05, 0.1) is 12.3 Å². The molecule has 0 aromatic heterocycles. The lowest BCUT2D eigenvalue weighted by Crippen LogP contribution is -2.44.